The molecule has 2 nitrogen and oxygen atoms in total. The zero-order valence-electron chi connectivity index (χ0n) is 12.6. The minimum atomic E-state index is 0.0591. The van der Waals surface area contributed by atoms with Gasteiger partial charge in [-0.15, -0.1) is 0 Å². The van der Waals surface area contributed by atoms with Gasteiger partial charge in [0.25, 0.3) is 0 Å². The van der Waals surface area contributed by atoms with Crippen LogP contribution in [0.2, 0.25) is 0 Å². The maximum atomic E-state index is 5.79. The Morgan fingerprint density at radius 1 is 0.778 bits per heavy atom. The van der Waals surface area contributed by atoms with Crippen molar-refractivity contribution in [1.82, 2.24) is 0 Å². The van der Waals surface area contributed by atoms with E-state index in [-0.39, 0.29) is 6.29 Å². The molecule has 0 saturated carbocycles. The summed E-state index contributed by atoms with van der Waals surface area (Å²) in [5, 5.41) is 0. The highest BCUT2D eigenvalue weighted by Crippen LogP contribution is 2.22. The molecular weight excluding hydrogens is 224 g/mol. The van der Waals surface area contributed by atoms with Gasteiger partial charge in [-0.2, -0.15) is 0 Å². The van der Waals surface area contributed by atoms with Gasteiger partial charge in [0.05, 0.1) is 12.2 Å². The van der Waals surface area contributed by atoms with Crippen molar-refractivity contribution in [2.45, 2.75) is 103 Å². The molecule has 0 aromatic heterocycles. The van der Waals surface area contributed by atoms with E-state index < -0.39 is 0 Å². The molecule has 1 fully saturated rings. The van der Waals surface area contributed by atoms with Crippen molar-refractivity contribution in [3.05, 3.63) is 0 Å². The van der Waals surface area contributed by atoms with Gasteiger partial charge in [-0.25, -0.2) is 0 Å². The van der Waals surface area contributed by atoms with E-state index in [9.17, 15) is 0 Å². The van der Waals surface area contributed by atoms with Crippen LogP contribution in [0.5, 0.6) is 0 Å². The molecule has 108 valence electrons. The van der Waals surface area contributed by atoms with Crippen molar-refractivity contribution in [2.75, 3.05) is 0 Å². The lowest BCUT2D eigenvalue weighted by molar-refractivity contribution is -0.236. The standard InChI is InChI=1S/C16H32O2/c1-4-5-6-7-8-9-10-11-12-16-17-14(2)13-15(3)18-16/h14-16H,4-13H2,1-3H3. The van der Waals surface area contributed by atoms with Crippen LogP contribution in [0.3, 0.4) is 0 Å². The molecule has 0 aromatic carbocycles. The van der Waals surface area contributed by atoms with Crippen LogP contribution in [-0.2, 0) is 9.47 Å². The SMILES string of the molecule is CCCCCCCCCCC1OC(C)CC(C)O1. The molecule has 0 aromatic rings. The Kier molecular flexibility index (Phi) is 8.70. The predicted octanol–water partition coefficient (Wildman–Crippen LogP) is 5.06. The van der Waals surface area contributed by atoms with Gasteiger partial charge in [0.15, 0.2) is 6.29 Å². The summed E-state index contributed by atoms with van der Waals surface area (Å²) in [5.41, 5.74) is 0. The van der Waals surface area contributed by atoms with E-state index in [1.165, 1.54) is 51.4 Å². The Morgan fingerprint density at radius 3 is 1.83 bits per heavy atom. The normalized spacial score (nSPS) is 28.5. The van der Waals surface area contributed by atoms with E-state index in [4.69, 9.17) is 9.47 Å². The van der Waals surface area contributed by atoms with Crippen LogP contribution in [-0.4, -0.2) is 18.5 Å². The number of rotatable bonds is 9. The van der Waals surface area contributed by atoms with Crippen molar-refractivity contribution in [1.29, 1.82) is 0 Å². The van der Waals surface area contributed by atoms with E-state index in [0.29, 0.717) is 12.2 Å². The van der Waals surface area contributed by atoms with Gasteiger partial charge in [-0.1, -0.05) is 51.9 Å². The Morgan fingerprint density at radius 2 is 1.28 bits per heavy atom. The molecule has 0 spiro atoms. The van der Waals surface area contributed by atoms with Crippen LogP contribution in [0.25, 0.3) is 0 Å². The Balaban J connectivity index is 1.91. The van der Waals surface area contributed by atoms with Crippen molar-refractivity contribution < 1.29 is 9.47 Å². The smallest absolute Gasteiger partial charge is 0.158 e. The van der Waals surface area contributed by atoms with Crippen LogP contribution in [0.4, 0.5) is 0 Å². The Hall–Kier alpha value is -0.0800. The molecule has 2 unspecified atom stereocenters. The summed E-state index contributed by atoms with van der Waals surface area (Å²) in [4.78, 5) is 0. The fourth-order valence-corrected chi connectivity index (χ4v) is 2.71. The van der Waals surface area contributed by atoms with Crippen molar-refractivity contribution in [2.24, 2.45) is 0 Å². The summed E-state index contributed by atoms with van der Waals surface area (Å²) in [6, 6.07) is 0. The van der Waals surface area contributed by atoms with Crippen molar-refractivity contribution in [3.63, 3.8) is 0 Å². The fourth-order valence-electron chi connectivity index (χ4n) is 2.71. The molecule has 1 heterocycles. The van der Waals surface area contributed by atoms with Crippen LogP contribution >= 0.6 is 0 Å². The molecular formula is C16H32O2. The van der Waals surface area contributed by atoms with E-state index >= 15 is 0 Å². The average Bonchev–Trinajstić information content (AvgIpc) is 2.31. The topological polar surface area (TPSA) is 18.5 Å². The van der Waals surface area contributed by atoms with E-state index in [1.54, 1.807) is 0 Å². The Labute approximate surface area is 113 Å². The summed E-state index contributed by atoms with van der Waals surface area (Å²) < 4.78 is 11.6. The number of ether oxygens (including phenoxy) is 2. The first-order valence-corrected chi connectivity index (χ1v) is 8.03. The molecule has 1 aliphatic heterocycles. The molecule has 0 aliphatic carbocycles. The van der Waals surface area contributed by atoms with Gasteiger partial charge < -0.3 is 9.47 Å². The zero-order valence-corrected chi connectivity index (χ0v) is 12.6. The molecule has 18 heavy (non-hydrogen) atoms. The maximum absolute atomic E-state index is 5.79. The first-order valence-electron chi connectivity index (χ1n) is 8.03. The first kappa shape index (κ1) is 16.0. The lowest BCUT2D eigenvalue weighted by Gasteiger charge is -2.32. The third kappa shape index (κ3) is 7.38. The van der Waals surface area contributed by atoms with Crippen LogP contribution < -0.4 is 0 Å². The average molecular weight is 256 g/mol. The predicted molar refractivity (Wildman–Crippen MR) is 76.7 cm³/mol. The molecule has 1 aliphatic rings. The van der Waals surface area contributed by atoms with Gasteiger partial charge in [0, 0.05) is 0 Å². The second kappa shape index (κ2) is 9.80. The molecule has 0 radical (unpaired) electrons. The van der Waals surface area contributed by atoms with Crippen LogP contribution in [0.15, 0.2) is 0 Å². The quantitative estimate of drug-likeness (QED) is 0.537. The molecule has 1 rings (SSSR count). The minimum Gasteiger partial charge on any atom is -0.350 e. The number of hydrogen-bond acceptors (Lipinski definition) is 2. The lowest BCUT2D eigenvalue weighted by Crippen LogP contribution is -2.35. The van der Waals surface area contributed by atoms with Crippen LogP contribution in [0.1, 0.15) is 85.0 Å². The van der Waals surface area contributed by atoms with E-state index in [2.05, 4.69) is 20.8 Å². The summed E-state index contributed by atoms with van der Waals surface area (Å²) >= 11 is 0. The molecule has 1 saturated heterocycles. The van der Waals surface area contributed by atoms with Crippen molar-refractivity contribution >= 4 is 0 Å². The highest BCUT2D eigenvalue weighted by Gasteiger charge is 2.24. The van der Waals surface area contributed by atoms with E-state index in [1.807, 2.05) is 0 Å². The molecule has 2 atom stereocenters. The second-order valence-electron chi connectivity index (χ2n) is 5.82. The van der Waals surface area contributed by atoms with Gasteiger partial charge in [-0.3, -0.25) is 0 Å². The molecule has 2 heteroatoms. The van der Waals surface area contributed by atoms with Gasteiger partial charge in [0.2, 0.25) is 0 Å². The summed E-state index contributed by atoms with van der Waals surface area (Å²) in [7, 11) is 0. The van der Waals surface area contributed by atoms with Gasteiger partial charge in [-0.05, 0) is 33.1 Å². The fraction of sp³-hybridized carbons (Fsp3) is 1.00. The highest BCUT2D eigenvalue weighted by molar-refractivity contribution is 4.65. The third-order valence-electron chi connectivity index (χ3n) is 3.73. The summed E-state index contributed by atoms with van der Waals surface area (Å²) in [5.74, 6) is 0. The number of unbranched alkanes of at least 4 members (excludes halogenated alkanes) is 7. The summed E-state index contributed by atoms with van der Waals surface area (Å²) in [6.45, 7) is 6.58. The largest absolute Gasteiger partial charge is 0.350 e. The maximum Gasteiger partial charge on any atom is 0.158 e. The molecule has 0 amide bonds. The van der Waals surface area contributed by atoms with Crippen molar-refractivity contribution in [3.8, 4) is 0 Å². The van der Waals surface area contributed by atoms with E-state index in [0.717, 1.165) is 12.8 Å². The minimum absolute atomic E-state index is 0.0591. The second-order valence-corrected chi connectivity index (χ2v) is 5.82. The third-order valence-corrected chi connectivity index (χ3v) is 3.73. The molecule has 0 N–H and O–H groups in total. The number of hydrogen-bond donors (Lipinski definition) is 0. The zero-order chi connectivity index (χ0) is 13.2. The monoisotopic (exact) mass is 256 g/mol. The molecule has 0 bridgehead atoms. The van der Waals surface area contributed by atoms with Gasteiger partial charge in [0.1, 0.15) is 0 Å². The highest BCUT2D eigenvalue weighted by atomic mass is 16.7. The van der Waals surface area contributed by atoms with Crippen LogP contribution in [0, 0.1) is 0 Å². The first-order chi connectivity index (χ1) is 8.72. The Bertz CT molecular complexity index is 184. The lowest BCUT2D eigenvalue weighted by atomic mass is 10.1. The summed E-state index contributed by atoms with van der Waals surface area (Å²) in [6.07, 6.45) is 13.8. The van der Waals surface area contributed by atoms with Gasteiger partial charge >= 0.3 is 0 Å².